The third kappa shape index (κ3) is 6.94. The summed E-state index contributed by atoms with van der Waals surface area (Å²) in [6, 6.07) is 50.9. The Morgan fingerprint density at radius 2 is 1.20 bits per heavy atom. The molecule has 1 atom stereocenters. The Kier molecular flexibility index (Phi) is 12.0. The van der Waals surface area contributed by atoms with Gasteiger partial charge in [0.1, 0.15) is 0 Å². The zero-order valence-corrected chi connectivity index (χ0v) is 37.5. The van der Waals surface area contributed by atoms with Crippen LogP contribution in [0, 0.1) is 11.3 Å². The van der Waals surface area contributed by atoms with Crippen LogP contribution in [0.3, 0.4) is 0 Å². The molecule has 0 aromatic heterocycles. The summed E-state index contributed by atoms with van der Waals surface area (Å²) in [5.74, 6) is 0.225. The molecule has 1 unspecified atom stereocenters. The van der Waals surface area contributed by atoms with Crippen LogP contribution in [0.25, 0.3) is 33.4 Å². The number of allylic oxidation sites excluding steroid dienone is 4. The van der Waals surface area contributed by atoms with Crippen molar-refractivity contribution in [2.24, 2.45) is 11.3 Å². The van der Waals surface area contributed by atoms with E-state index in [9.17, 15) is 0 Å². The summed E-state index contributed by atoms with van der Waals surface area (Å²) < 4.78 is 11.2. The topological polar surface area (TPSA) is 0 Å². The standard InChI is InChI=1S/C25H17.C12H19.2C6H4Cl.CH2.2ClH.Zr/c1-3-7-18(8-4-1)20-11-13-24-22(15-20)17-23-16-21(12-14-25(23)24)19-9-5-2-6-10-19;1-5-6-10-7-8-11(9-10)12(2,3)4;2*7-6-4-2-1-3-5-6;;;;/h1-15H,17H2;8-10H,5-6H2,1-4H3;2*1-2,4-5H;1H2;2*1H;. The fourth-order valence-electron chi connectivity index (χ4n) is 9.39. The molecule has 2 aliphatic carbocycles. The van der Waals surface area contributed by atoms with Crippen LogP contribution in [0.2, 0.25) is 10.0 Å². The van der Waals surface area contributed by atoms with E-state index in [1.54, 1.807) is 0 Å². The number of hydrogen-bond donors (Lipinski definition) is 0. The van der Waals surface area contributed by atoms with Crippen LogP contribution in [-0.2, 0) is 24.7 Å². The van der Waals surface area contributed by atoms with Crippen molar-refractivity contribution < 1.29 is 18.3 Å². The molecule has 0 aliphatic heterocycles. The van der Waals surface area contributed by atoms with E-state index in [0.29, 0.717) is 0 Å². The molecule has 6 aromatic rings. The molecule has 8 rings (SSSR count). The summed E-state index contributed by atoms with van der Waals surface area (Å²) in [5, 5.41) is 1.46. The predicted molar refractivity (Wildman–Crippen MR) is 243 cm³/mol. The van der Waals surface area contributed by atoms with Gasteiger partial charge in [-0.2, -0.15) is 0 Å². The number of halogens is 4. The molecule has 0 fully saturated rings. The van der Waals surface area contributed by atoms with E-state index in [-0.39, 0.29) is 36.1 Å². The first-order valence-corrected chi connectivity index (χ1v) is 26.3. The molecular weight excluding hydrogens is 834 g/mol. The molecular formula is C50H48Cl4Zr. The van der Waals surface area contributed by atoms with Gasteiger partial charge in [-0.1, -0.05) is 0 Å². The van der Waals surface area contributed by atoms with Gasteiger partial charge in [-0.3, -0.25) is 0 Å². The normalized spacial score (nSPS) is 14.9. The third-order valence-corrected chi connectivity index (χ3v) is 28.7. The van der Waals surface area contributed by atoms with E-state index < -0.39 is 18.3 Å². The zero-order chi connectivity index (χ0) is 37.0. The summed E-state index contributed by atoms with van der Waals surface area (Å²) in [6.45, 7) is 9.32. The number of benzene rings is 6. The Bertz CT molecular complexity index is 2450. The summed E-state index contributed by atoms with van der Waals surface area (Å²) in [7, 11) is 0. The zero-order valence-electron chi connectivity index (χ0n) is 31.9. The van der Waals surface area contributed by atoms with Gasteiger partial charge in [0.15, 0.2) is 0 Å². The summed E-state index contributed by atoms with van der Waals surface area (Å²) >= 11 is 8.78. The number of fused-ring (bicyclic) bond motifs is 3. The SMILES string of the molecule is Cl.Cl.[CH2]=[Zr]([C]1=CC(C(C)(C)C)=CC1CCC)([c]1cccc(Cl)c1)([c]1cccc(Cl)c1)[c]1c(-c2ccccc2)ccc2c1Cc1cc(-c3ccccc3)ccc1-2. The second-order valence-electron chi connectivity index (χ2n) is 16.1. The molecule has 6 aromatic carbocycles. The fraction of sp³-hybridized carbons (Fsp3) is 0.180. The van der Waals surface area contributed by atoms with Gasteiger partial charge >= 0.3 is 329 Å². The second-order valence-corrected chi connectivity index (χ2v) is 29.7. The van der Waals surface area contributed by atoms with E-state index in [1.807, 2.05) is 12.1 Å². The molecule has 0 radical (unpaired) electrons. The minimum atomic E-state index is -5.40. The molecule has 2 aliphatic rings. The predicted octanol–water partition coefficient (Wildman–Crippen LogP) is 13.4. The van der Waals surface area contributed by atoms with E-state index in [4.69, 9.17) is 27.4 Å². The first-order valence-electron chi connectivity index (χ1n) is 18.9. The molecule has 0 spiro atoms. The van der Waals surface area contributed by atoms with Crippen molar-refractivity contribution >= 4 is 62.0 Å². The molecule has 280 valence electrons. The first kappa shape index (κ1) is 41.3. The molecule has 55 heavy (non-hydrogen) atoms. The van der Waals surface area contributed by atoms with Crippen molar-refractivity contribution in [3.05, 3.63) is 182 Å². The Labute approximate surface area is 350 Å². The summed E-state index contributed by atoms with van der Waals surface area (Å²) in [6.07, 6.45) is 8.08. The third-order valence-electron chi connectivity index (χ3n) is 11.9. The molecule has 0 heterocycles. The van der Waals surface area contributed by atoms with Gasteiger partial charge in [0.2, 0.25) is 0 Å². The van der Waals surface area contributed by atoms with Crippen molar-refractivity contribution in [1.29, 1.82) is 0 Å². The van der Waals surface area contributed by atoms with Crippen LogP contribution < -0.4 is 9.81 Å². The van der Waals surface area contributed by atoms with Crippen LogP contribution in [0.4, 0.5) is 0 Å². The Morgan fingerprint density at radius 1 is 0.636 bits per heavy atom. The monoisotopic (exact) mass is 878 g/mol. The quantitative estimate of drug-likeness (QED) is 0.143. The van der Waals surface area contributed by atoms with Crippen molar-refractivity contribution in [2.75, 3.05) is 0 Å². The molecule has 5 heteroatoms. The van der Waals surface area contributed by atoms with Crippen molar-refractivity contribution in [2.45, 2.75) is 47.0 Å². The molecule has 0 amide bonds. The molecule has 0 saturated carbocycles. The second kappa shape index (κ2) is 15.9. The first-order chi connectivity index (χ1) is 25.5. The van der Waals surface area contributed by atoms with E-state index in [0.717, 1.165) is 29.3 Å². The van der Waals surface area contributed by atoms with Gasteiger partial charge in [-0.15, -0.1) is 24.8 Å². The molecule has 0 N–H and O–H groups in total. The van der Waals surface area contributed by atoms with Crippen LogP contribution in [0.15, 0.2) is 161 Å². The van der Waals surface area contributed by atoms with Gasteiger partial charge in [0.25, 0.3) is 0 Å². The molecule has 0 nitrogen and oxygen atoms in total. The Hall–Kier alpha value is -3.29. The Morgan fingerprint density at radius 3 is 1.76 bits per heavy atom. The van der Waals surface area contributed by atoms with Gasteiger partial charge in [0, 0.05) is 0 Å². The van der Waals surface area contributed by atoms with Crippen molar-refractivity contribution in [3.8, 4) is 33.4 Å². The van der Waals surface area contributed by atoms with Crippen LogP contribution in [0.1, 0.15) is 51.7 Å². The molecule has 0 saturated heterocycles. The number of hydrogen-bond acceptors (Lipinski definition) is 0. The fourth-order valence-corrected chi connectivity index (χ4v) is 27.4. The van der Waals surface area contributed by atoms with Gasteiger partial charge < -0.3 is 0 Å². The van der Waals surface area contributed by atoms with E-state index in [2.05, 4.69) is 167 Å². The van der Waals surface area contributed by atoms with Gasteiger partial charge in [-0.05, 0) is 0 Å². The minimum absolute atomic E-state index is 0. The number of rotatable bonds is 8. The Balaban J connectivity index is 0.00000257. The maximum atomic E-state index is 7.09. The summed E-state index contributed by atoms with van der Waals surface area (Å²) in [4.78, 5) is 0. The van der Waals surface area contributed by atoms with Gasteiger partial charge in [-0.25, -0.2) is 0 Å². The van der Waals surface area contributed by atoms with Crippen molar-refractivity contribution in [1.82, 2.24) is 0 Å². The maximum absolute atomic E-state index is 7.09. The van der Waals surface area contributed by atoms with Gasteiger partial charge in [0.05, 0.1) is 0 Å². The van der Waals surface area contributed by atoms with Crippen LogP contribution >= 0.6 is 48.0 Å². The van der Waals surface area contributed by atoms with Crippen LogP contribution in [-0.4, -0.2) is 4.21 Å². The average molecular weight is 882 g/mol. The van der Waals surface area contributed by atoms with E-state index in [1.165, 1.54) is 63.2 Å². The summed E-state index contributed by atoms with van der Waals surface area (Å²) in [5.41, 5.74) is 11.6. The van der Waals surface area contributed by atoms with E-state index >= 15 is 0 Å². The molecule has 0 bridgehead atoms. The average Bonchev–Trinajstić information content (AvgIpc) is 3.77. The van der Waals surface area contributed by atoms with Crippen molar-refractivity contribution in [3.63, 3.8) is 0 Å². The van der Waals surface area contributed by atoms with Crippen LogP contribution in [0.5, 0.6) is 0 Å².